The molecule has 4 rings (SSSR count). The number of aryl methyl sites for hydroxylation is 1. The minimum atomic E-state index is -0.970. The molecule has 30 heavy (non-hydrogen) atoms. The molecule has 1 aliphatic heterocycles. The van der Waals surface area contributed by atoms with Gasteiger partial charge in [0.15, 0.2) is 17.5 Å². The number of thiazole rings is 1. The average Bonchev–Trinajstić information content (AvgIpc) is 3.39. The molecule has 0 bridgehead atoms. The van der Waals surface area contributed by atoms with Gasteiger partial charge in [-0.15, -0.1) is 11.3 Å². The molecule has 1 fully saturated rings. The molecule has 2 amide bonds. The van der Waals surface area contributed by atoms with E-state index in [-0.39, 0.29) is 23.6 Å². The van der Waals surface area contributed by atoms with Crippen molar-refractivity contribution in [2.45, 2.75) is 25.8 Å². The van der Waals surface area contributed by atoms with Crippen LogP contribution in [0, 0.1) is 18.6 Å². The van der Waals surface area contributed by atoms with Crippen molar-refractivity contribution < 1.29 is 22.8 Å². The Kier molecular flexibility index (Phi) is 5.58. The third-order valence-corrected chi connectivity index (χ3v) is 5.82. The number of amides is 2. The summed E-state index contributed by atoms with van der Waals surface area (Å²) in [4.78, 5) is 35.2. The number of likely N-dealkylation sites (tertiary alicyclic amines) is 1. The number of aromatic nitrogens is 2. The Morgan fingerprint density at radius 2 is 2.07 bits per heavy atom. The maximum Gasteiger partial charge on any atom is 0.291 e. The first-order valence-corrected chi connectivity index (χ1v) is 10.2. The molecule has 2 aromatic heterocycles. The predicted molar refractivity (Wildman–Crippen MR) is 105 cm³/mol. The zero-order valence-electron chi connectivity index (χ0n) is 16.0. The van der Waals surface area contributed by atoms with Crippen LogP contribution in [0.1, 0.15) is 39.0 Å². The van der Waals surface area contributed by atoms with Crippen LogP contribution in [0.25, 0.3) is 10.6 Å². The Morgan fingerprint density at radius 1 is 1.23 bits per heavy atom. The first-order valence-electron chi connectivity index (χ1n) is 9.34. The number of hydrogen-bond donors (Lipinski definition) is 1. The van der Waals surface area contributed by atoms with E-state index in [2.05, 4.69) is 15.3 Å². The van der Waals surface area contributed by atoms with Crippen molar-refractivity contribution in [2.75, 3.05) is 13.1 Å². The van der Waals surface area contributed by atoms with E-state index in [1.807, 2.05) is 0 Å². The summed E-state index contributed by atoms with van der Waals surface area (Å²) in [6.45, 7) is 2.60. The van der Waals surface area contributed by atoms with Gasteiger partial charge in [0.1, 0.15) is 9.88 Å². The number of carbonyl (C=O) groups is 2. The summed E-state index contributed by atoms with van der Waals surface area (Å²) >= 11 is 1.09. The first-order chi connectivity index (χ1) is 14.4. The number of oxazole rings is 1. The predicted octanol–water partition coefficient (Wildman–Crippen LogP) is 3.42. The summed E-state index contributed by atoms with van der Waals surface area (Å²) in [7, 11) is 0. The summed E-state index contributed by atoms with van der Waals surface area (Å²) in [6, 6.07) is 3.27. The van der Waals surface area contributed by atoms with Gasteiger partial charge in [-0.2, -0.15) is 0 Å². The number of nitrogens with zero attached hydrogens (tertiary/aromatic N) is 3. The molecule has 0 radical (unpaired) electrons. The van der Waals surface area contributed by atoms with Crippen LogP contribution in [-0.4, -0.2) is 45.8 Å². The van der Waals surface area contributed by atoms with Gasteiger partial charge in [-0.1, -0.05) is 0 Å². The van der Waals surface area contributed by atoms with Crippen LogP contribution in [-0.2, 0) is 0 Å². The van der Waals surface area contributed by atoms with Crippen molar-refractivity contribution in [3.8, 4) is 10.6 Å². The number of rotatable bonds is 4. The van der Waals surface area contributed by atoms with Crippen molar-refractivity contribution in [1.29, 1.82) is 0 Å². The highest BCUT2D eigenvalue weighted by Crippen LogP contribution is 2.26. The first kappa shape index (κ1) is 20.1. The molecule has 1 saturated heterocycles. The maximum absolute atomic E-state index is 13.4. The zero-order valence-corrected chi connectivity index (χ0v) is 16.8. The average molecular weight is 432 g/mol. The Hall–Kier alpha value is -3.14. The highest BCUT2D eigenvalue weighted by atomic mass is 32.1. The standard InChI is InChI=1S/C20H18F2N4O3S/c1-11-23-8-16(29-11)20(28)26-6-2-3-13(10-26)25-18(27)17-9-24-19(30-17)12-4-5-14(21)15(22)7-12/h4-5,7-9,13H,2-3,6,10H2,1H3,(H,25,27). The molecule has 3 heterocycles. The molecule has 0 spiro atoms. The third kappa shape index (κ3) is 4.23. The molecule has 1 aliphatic rings. The Balaban J connectivity index is 1.40. The minimum Gasteiger partial charge on any atom is -0.436 e. The highest BCUT2D eigenvalue weighted by Gasteiger charge is 2.28. The SMILES string of the molecule is Cc1ncc(C(=O)N2CCCC(NC(=O)c3cnc(-c4ccc(F)c(F)c4)s3)C2)o1. The van der Waals surface area contributed by atoms with E-state index in [9.17, 15) is 18.4 Å². The summed E-state index contributed by atoms with van der Waals surface area (Å²) in [5.41, 5.74) is 0.398. The van der Waals surface area contributed by atoms with Crippen molar-refractivity contribution in [3.05, 3.63) is 58.8 Å². The van der Waals surface area contributed by atoms with E-state index in [1.165, 1.54) is 18.5 Å². The minimum absolute atomic E-state index is 0.179. The fourth-order valence-electron chi connectivity index (χ4n) is 3.29. The van der Waals surface area contributed by atoms with Gasteiger partial charge in [0.05, 0.1) is 12.4 Å². The molecule has 1 unspecified atom stereocenters. The highest BCUT2D eigenvalue weighted by molar-refractivity contribution is 7.16. The smallest absolute Gasteiger partial charge is 0.291 e. The molecule has 10 heteroatoms. The van der Waals surface area contributed by atoms with Crippen LogP contribution in [0.3, 0.4) is 0 Å². The number of piperidine rings is 1. The van der Waals surface area contributed by atoms with E-state index in [1.54, 1.807) is 11.8 Å². The molecule has 1 atom stereocenters. The molecule has 156 valence electrons. The number of halogens is 2. The normalized spacial score (nSPS) is 16.5. The summed E-state index contributed by atoms with van der Waals surface area (Å²) in [5, 5.41) is 3.34. The number of carbonyl (C=O) groups excluding carboxylic acids is 2. The molecule has 0 saturated carbocycles. The van der Waals surface area contributed by atoms with E-state index in [0.717, 1.165) is 36.3 Å². The molecule has 1 aromatic carbocycles. The fraction of sp³-hybridized carbons (Fsp3) is 0.300. The monoisotopic (exact) mass is 432 g/mol. The van der Waals surface area contributed by atoms with E-state index in [0.29, 0.717) is 34.4 Å². The Bertz CT molecular complexity index is 1100. The fourth-order valence-corrected chi connectivity index (χ4v) is 4.11. The van der Waals surface area contributed by atoms with Crippen LogP contribution in [0.2, 0.25) is 0 Å². The van der Waals surface area contributed by atoms with E-state index < -0.39 is 11.6 Å². The lowest BCUT2D eigenvalue weighted by molar-refractivity contribution is 0.0646. The summed E-state index contributed by atoms with van der Waals surface area (Å²) < 4.78 is 31.9. The van der Waals surface area contributed by atoms with Gasteiger partial charge < -0.3 is 14.6 Å². The van der Waals surface area contributed by atoms with Gasteiger partial charge in [0.2, 0.25) is 5.76 Å². The van der Waals surface area contributed by atoms with Crippen molar-refractivity contribution in [3.63, 3.8) is 0 Å². The molecule has 1 N–H and O–H groups in total. The number of nitrogens with one attached hydrogen (secondary N) is 1. The quantitative estimate of drug-likeness (QED) is 0.683. The van der Waals surface area contributed by atoms with Gasteiger partial charge in [0.25, 0.3) is 11.8 Å². The second-order valence-electron chi connectivity index (χ2n) is 6.97. The van der Waals surface area contributed by atoms with E-state index >= 15 is 0 Å². The number of benzene rings is 1. The molecule has 7 nitrogen and oxygen atoms in total. The van der Waals surface area contributed by atoms with Gasteiger partial charge in [0, 0.05) is 31.6 Å². The van der Waals surface area contributed by atoms with Gasteiger partial charge in [-0.3, -0.25) is 9.59 Å². The van der Waals surface area contributed by atoms with Crippen LogP contribution < -0.4 is 5.32 Å². The summed E-state index contributed by atoms with van der Waals surface area (Å²) in [6.07, 6.45) is 4.28. The number of hydrogen-bond acceptors (Lipinski definition) is 6. The van der Waals surface area contributed by atoms with Crippen LogP contribution >= 0.6 is 11.3 Å². The molecule has 0 aliphatic carbocycles. The summed E-state index contributed by atoms with van der Waals surface area (Å²) in [5.74, 6) is -1.89. The zero-order chi connectivity index (χ0) is 21.3. The lowest BCUT2D eigenvalue weighted by Gasteiger charge is -2.32. The van der Waals surface area contributed by atoms with Crippen molar-refractivity contribution in [1.82, 2.24) is 20.2 Å². The van der Waals surface area contributed by atoms with Crippen molar-refractivity contribution >= 4 is 23.2 Å². The van der Waals surface area contributed by atoms with Gasteiger partial charge in [-0.05, 0) is 31.0 Å². The molecule has 3 aromatic rings. The largest absolute Gasteiger partial charge is 0.436 e. The van der Waals surface area contributed by atoms with Gasteiger partial charge >= 0.3 is 0 Å². The third-order valence-electron chi connectivity index (χ3n) is 4.77. The molecular formula is C20H18F2N4O3S. The van der Waals surface area contributed by atoms with Gasteiger partial charge in [-0.25, -0.2) is 18.7 Å². The Labute approximate surface area is 174 Å². The lowest BCUT2D eigenvalue weighted by atomic mass is 10.1. The van der Waals surface area contributed by atoms with Crippen molar-refractivity contribution in [2.24, 2.45) is 0 Å². The van der Waals surface area contributed by atoms with Crippen LogP contribution in [0.15, 0.2) is 35.0 Å². The topological polar surface area (TPSA) is 88.3 Å². The van der Waals surface area contributed by atoms with Crippen LogP contribution in [0.5, 0.6) is 0 Å². The second kappa shape index (κ2) is 8.31. The van der Waals surface area contributed by atoms with Crippen LogP contribution in [0.4, 0.5) is 8.78 Å². The maximum atomic E-state index is 13.4. The Morgan fingerprint density at radius 3 is 2.80 bits per heavy atom. The lowest BCUT2D eigenvalue weighted by Crippen LogP contribution is -2.49. The molecular weight excluding hydrogens is 414 g/mol. The van der Waals surface area contributed by atoms with E-state index in [4.69, 9.17) is 4.42 Å². The second-order valence-corrected chi connectivity index (χ2v) is 8.00.